The molecule has 0 spiro atoms. The highest BCUT2D eigenvalue weighted by Crippen LogP contribution is 2.20. The Kier molecular flexibility index (Phi) is 8.01. The lowest BCUT2D eigenvalue weighted by Gasteiger charge is -2.18. The molecule has 0 saturated heterocycles. The van der Waals surface area contributed by atoms with Crippen molar-refractivity contribution in [2.24, 2.45) is 0 Å². The number of aryl methyl sites for hydroxylation is 1. The third-order valence-corrected chi connectivity index (χ3v) is 5.13. The summed E-state index contributed by atoms with van der Waals surface area (Å²) in [5.41, 5.74) is 2.12. The Morgan fingerprint density at radius 2 is 1.96 bits per heavy atom. The van der Waals surface area contributed by atoms with E-state index >= 15 is 0 Å². The van der Waals surface area contributed by atoms with E-state index < -0.39 is 34.5 Å². The molecule has 0 aromatic heterocycles. The van der Waals surface area contributed by atoms with Crippen molar-refractivity contribution < 1.29 is 27.9 Å². The summed E-state index contributed by atoms with van der Waals surface area (Å²) in [6.07, 6.45) is 0.299. The molecule has 9 heteroatoms. The van der Waals surface area contributed by atoms with Gasteiger partial charge in [0.15, 0.2) is 6.04 Å². The van der Waals surface area contributed by atoms with Crippen LogP contribution in [0.25, 0.3) is 0 Å². The number of aliphatic carboxylic acids is 1. The average molecular weight is 372 g/mol. The summed E-state index contributed by atoms with van der Waals surface area (Å²) in [7, 11) is -2.16. The molecule has 1 aromatic carbocycles. The minimum atomic E-state index is -3.62. The van der Waals surface area contributed by atoms with Gasteiger partial charge in [0.05, 0.1) is 12.3 Å². The van der Waals surface area contributed by atoms with Gasteiger partial charge in [-0.25, -0.2) is 17.9 Å². The molecule has 0 heterocycles. The molecule has 140 valence electrons. The molecule has 0 radical (unpaired) electrons. The van der Waals surface area contributed by atoms with Gasteiger partial charge in [0.25, 0.3) is 0 Å². The van der Waals surface area contributed by atoms with E-state index in [1.165, 1.54) is 7.11 Å². The van der Waals surface area contributed by atoms with Gasteiger partial charge in [-0.05, 0) is 37.0 Å². The number of carboxylic acid groups (broad SMARTS) is 1. The smallest absolute Gasteiger partial charge is 0.330 e. The Morgan fingerprint density at radius 3 is 2.56 bits per heavy atom. The summed E-state index contributed by atoms with van der Waals surface area (Å²) < 4.78 is 30.4. The van der Waals surface area contributed by atoms with E-state index in [0.29, 0.717) is 18.6 Å². The Hall–Kier alpha value is -1.97. The number of amides is 1. The summed E-state index contributed by atoms with van der Waals surface area (Å²) in [6, 6.07) is 3.92. The number of benzene rings is 1. The van der Waals surface area contributed by atoms with Gasteiger partial charge >= 0.3 is 5.97 Å². The van der Waals surface area contributed by atoms with Crippen LogP contribution in [-0.4, -0.2) is 51.4 Å². The van der Waals surface area contributed by atoms with Crippen LogP contribution in [0.3, 0.4) is 0 Å². The maximum atomic E-state index is 12.0. The number of carbonyl (C=O) groups is 2. The number of nitrogens with one attached hydrogen (secondary N) is 2. The van der Waals surface area contributed by atoms with Crippen LogP contribution < -0.4 is 10.0 Å². The van der Waals surface area contributed by atoms with E-state index in [2.05, 4.69) is 10.0 Å². The third-order valence-electron chi connectivity index (χ3n) is 3.72. The number of rotatable bonds is 10. The van der Waals surface area contributed by atoms with Gasteiger partial charge in [-0.15, -0.1) is 0 Å². The van der Waals surface area contributed by atoms with Gasteiger partial charge in [0.2, 0.25) is 15.9 Å². The molecule has 3 N–H and O–H groups in total. The number of carboxylic acids is 1. The first-order valence-corrected chi connectivity index (χ1v) is 9.37. The second kappa shape index (κ2) is 9.50. The highest BCUT2D eigenvalue weighted by Gasteiger charge is 2.24. The van der Waals surface area contributed by atoms with E-state index in [1.54, 1.807) is 19.1 Å². The average Bonchev–Trinajstić information content (AvgIpc) is 2.54. The van der Waals surface area contributed by atoms with Gasteiger partial charge in [-0.2, -0.15) is 0 Å². The number of ether oxygens (including phenoxy) is 1. The molecule has 0 saturated carbocycles. The van der Waals surface area contributed by atoms with Crippen LogP contribution in [-0.2, 0) is 24.3 Å². The van der Waals surface area contributed by atoms with Crippen molar-refractivity contribution in [3.05, 3.63) is 34.9 Å². The first kappa shape index (κ1) is 21.1. The van der Waals surface area contributed by atoms with E-state index in [9.17, 15) is 23.1 Å². The zero-order chi connectivity index (χ0) is 19.0. The quantitative estimate of drug-likeness (QED) is 0.514. The van der Waals surface area contributed by atoms with Crippen LogP contribution in [0.5, 0.6) is 0 Å². The van der Waals surface area contributed by atoms with Crippen LogP contribution in [0.15, 0.2) is 18.2 Å². The molecule has 0 aliphatic heterocycles. The predicted octanol–water partition coefficient (Wildman–Crippen LogP) is 0.501. The van der Waals surface area contributed by atoms with Crippen molar-refractivity contribution in [2.45, 2.75) is 26.3 Å². The molecule has 0 aliphatic carbocycles. The van der Waals surface area contributed by atoms with Crippen LogP contribution in [0, 0.1) is 13.8 Å². The lowest BCUT2D eigenvalue weighted by atomic mass is 9.97. The molecule has 25 heavy (non-hydrogen) atoms. The van der Waals surface area contributed by atoms with Crippen molar-refractivity contribution in [3.63, 3.8) is 0 Å². The Bertz CT molecular complexity index is 717. The molecule has 8 nitrogen and oxygen atoms in total. The molecule has 0 fully saturated rings. The fraction of sp³-hybridized carbons (Fsp3) is 0.500. The summed E-state index contributed by atoms with van der Waals surface area (Å²) in [6.45, 7) is 3.38. The molecule has 1 rings (SSSR count). The maximum Gasteiger partial charge on any atom is 0.330 e. The van der Waals surface area contributed by atoms with Crippen molar-refractivity contribution >= 4 is 21.9 Å². The fourth-order valence-corrected chi connectivity index (χ4v) is 3.21. The summed E-state index contributed by atoms with van der Waals surface area (Å²) in [5, 5.41) is 11.7. The van der Waals surface area contributed by atoms with Gasteiger partial charge < -0.3 is 15.2 Å². The topological polar surface area (TPSA) is 122 Å². The standard InChI is InChI=1S/C16H24N2O6S/c1-11-6-4-7-13(12(11)2)15(16(20)21)18-14(19)10-17-25(22,23)9-5-8-24-3/h4,6-7,15,17H,5,8-10H2,1-3H3,(H,18,19)(H,20,21). The Morgan fingerprint density at radius 1 is 1.28 bits per heavy atom. The lowest BCUT2D eigenvalue weighted by molar-refractivity contribution is -0.141. The summed E-state index contributed by atoms with van der Waals surface area (Å²) in [4.78, 5) is 23.5. The number of hydrogen-bond donors (Lipinski definition) is 3. The van der Waals surface area contributed by atoms with Crippen molar-refractivity contribution in [1.29, 1.82) is 0 Å². The van der Waals surface area contributed by atoms with Crippen LogP contribution in [0.1, 0.15) is 29.2 Å². The fourth-order valence-electron chi connectivity index (χ4n) is 2.21. The SMILES string of the molecule is COCCCS(=O)(=O)NCC(=O)NC(C(=O)O)c1cccc(C)c1C. The number of sulfonamides is 1. The molecule has 0 bridgehead atoms. The van der Waals surface area contributed by atoms with Crippen LogP contribution in [0.4, 0.5) is 0 Å². The summed E-state index contributed by atoms with van der Waals surface area (Å²) >= 11 is 0. The molecule has 0 aliphatic rings. The van der Waals surface area contributed by atoms with E-state index in [4.69, 9.17) is 4.74 Å². The van der Waals surface area contributed by atoms with Gasteiger partial charge in [0, 0.05) is 13.7 Å². The highest BCUT2D eigenvalue weighted by atomic mass is 32.2. The van der Waals surface area contributed by atoms with Gasteiger partial charge in [-0.1, -0.05) is 18.2 Å². The van der Waals surface area contributed by atoms with Gasteiger partial charge in [0.1, 0.15) is 0 Å². The maximum absolute atomic E-state index is 12.0. The molecule has 1 aromatic rings. The number of methoxy groups -OCH3 is 1. The molecule has 1 amide bonds. The molecule has 1 atom stereocenters. The second-order valence-corrected chi connectivity index (χ2v) is 7.54. The summed E-state index contributed by atoms with van der Waals surface area (Å²) in [5.74, 6) is -2.11. The van der Waals surface area contributed by atoms with Gasteiger partial charge in [-0.3, -0.25) is 4.79 Å². The Labute approximate surface area is 147 Å². The van der Waals surface area contributed by atoms with E-state index in [1.807, 2.05) is 13.0 Å². The third kappa shape index (κ3) is 6.81. The highest BCUT2D eigenvalue weighted by molar-refractivity contribution is 7.89. The molecular formula is C16H24N2O6S. The largest absolute Gasteiger partial charge is 0.479 e. The van der Waals surface area contributed by atoms with Crippen molar-refractivity contribution in [2.75, 3.05) is 26.0 Å². The van der Waals surface area contributed by atoms with E-state index in [0.717, 1.165) is 11.1 Å². The van der Waals surface area contributed by atoms with E-state index in [-0.39, 0.29) is 5.75 Å². The van der Waals surface area contributed by atoms with Crippen molar-refractivity contribution in [1.82, 2.24) is 10.0 Å². The molecule has 1 unspecified atom stereocenters. The zero-order valence-corrected chi connectivity index (χ0v) is 15.4. The zero-order valence-electron chi connectivity index (χ0n) is 14.5. The predicted molar refractivity (Wildman–Crippen MR) is 92.7 cm³/mol. The number of hydrogen-bond acceptors (Lipinski definition) is 5. The molecular weight excluding hydrogens is 348 g/mol. The normalized spacial score (nSPS) is 12.6. The first-order valence-electron chi connectivity index (χ1n) is 7.72. The van der Waals surface area contributed by atoms with Crippen LogP contribution in [0.2, 0.25) is 0 Å². The van der Waals surface area contributed by atoms with Crippen molar-refractivity contribution in [3.8, 4) is 0 Å². The minimum absolute atomic E-state index is 0.173. The van der Waals surface area contributed by atoms with Crippen LogP contribution >= 0.6 is 0 Å². The number of carbonyl (C=O) groups excluding carboxylic acids is 1. The second-order valence-electron chi connectivity index (χ2n) is 5.61. The minimum Gasteiger partial charge on any atom is -0.479 e. The lowest BCUT2D eigenvalue weighted by Crippen LogP contribution is -2.41. The monoisotopic (exact) mass is 372 g/mol. The Balaban J connectivity index is 2.72. The first-order chi connectivity index (χ1) is 11.7.